The molecule has 2 aromatic rings. The van der Waals surface area contributed by atoms with Crippen molar-refractivity contribution >= 4 is 52.7 Å². The number of carbonyl (C=O) groups excluding carboxylic acids is 3. The Balaban J connectivity index is 1.49. The topological polar surface area (TPSA) is 123 Å². The Bertz CT molecular complexity index is 1020. The minimum Gasteiger partial charge on any atom is -0.545 e. The van der Waals surface area contributed by atoms with E-state index in [4.69, 9.17) is 0 Å². The Labute approximate surface area is 176 Å². The first-order valence-corrected chi connectivity index (χ1v) is 9.81. The molecular weight excluding hydrogens is 404 g/mol. The number of carboxylic acid groups (broad SMARTS) is 1. The minimum absolute atomic E-state index is 0.0127. The standard InChI is InChI=1S/C21H18N4O4S/c26-18(23-16-10-8-15(9-11-16)20(28)29)13-17-19(27)24-21(30-17)25-22-12-4-7-14-5-2-1-3-6-14/h1-12,17H,13H2,(H,23,26)(H,28,29)(H,24,25,27)/p-1. The summed E-state index contributed by atoms with van der Waals surface area (Å²) in [6, 6.07) is 15.3. The molecule has 0 radical (unpaired) electrons. The fourth-order valence-corrected chi connectivity index (χ4v) is 3.42. The van der Waals surface area contributed by atoms with Crippen molar-refractivity contribution in [2.45, 2.75) is 11.7 Å². The second kappa shape index (κ2) is 10.2. The number of anilines is 1. The first-order chi connectivity index (χ1) is 14.5. The summed E-state index contributed by atoms with van der Waals surface area (Å²) < 4.78 is 0. The molecule has 2 amide bonds. The number of nitrogens with one attached hydrogen (secondary N) is 2. The van der Waals surface area contributed by atoms with E-state index >= 15 is 0 Å². The van der Waals surface area contributed by atoms with E-state index in [2.05, 4.69) is 20.8 Å². The third kappa shape index (κ3) is 6.14. The van der Waals surface area contributed by atoms with Gasteiger partial charge in [0.2, 0.25) is 11.8 Å². The second-order valence-corrected chi connectivity index (χ2v) is 7.34. The van der Waals surface area contributed by atoms with Crippen LogP contribution in [0, 0.1) is 0 Å². The van der Waals surface area contributed by atoms with Gasteiger partial charge in [0.1, 0.15) is 5.25 Å². The number of carboxylic acids is 1. The lowest BCUT2D eigenvalue weighted by Gasteiger charge is -2.08. The van der Waals surface area contributed by atoms with Crippen LogP contribution in [-0.4, -0.2) is 34.4 Å². The lowest BCUT2D eigenvalue weighted by molar-refractivity contribution is -0.255. The lowest BCUT2D eigenvalue weighted by Crippen LogP contribution is -2.28. The van der Waals surface area contributed by atoms with E-state index in [1.54, 1.807) is 6.08 Å². The van der Waals surface area contributed by atoms with Crippen LogP contribution >= 0.6 is 11.8 Å². The molecule has 152 valence electrons. The van der Waals surface area contributed by atoms with Crippen molar-refractivity contribution in [3.63, 3.8) is 0 Å². The SMILES string of the molecule is O=C(CC1SC(=NN=CC=Cc2ccccc2)NC1=O)Nc1ccc(C(=O)[O-])cc1. The summed E-state index contributed by atoms with van der Waals surface area (Å²) in [5.74, 6) is -1.99. The molecule has 9 heteroatoms. The number of hydrogen-bond donors (Lipinski definition) is 2. The van der Waals surface area contributed by atoms with Gasteiger partial charge in [-0.15, -0.1) is 5.10 Å². The van der Waals surface area contributed by atoms with Gasteiger partial charge >= 0.3 is 0 Å². The predicted molar refractivity (Wildman–Crippen MR) is 115 cm³/mol. The highest BCUT2D eigenvalue weighted by atomic mass is 32.2. The summed E-state index contributed by atoms with van der Waals surface area (Å²) >= 11 is 1.12. The molecule has 1 unspecified atom stereocenters. The molecule has 0 aromatic heterocycles. The summed E-state index contributed by atoms with van der Waals surface area (Å²) in [5, 5.41) is 23.5. The number of thioether (sulfide) groups is 1. The number of aromatic carboxylic acids is 1. The van der Waals surface area contributed by atoms with Gasteiger partial charge in [-0.2, -0.15) is 5.10 Å². The smallest absolute Gasteiger partial charge is 0.240 e. The Hall–Kier alpha value is -3.72. The van der Waals surface area contributed by atoms with Gasteiger partial charge in [-0.3, -0.25) is 9.59 Å². The van der Waals surface area contributed by atoms with Gasteiger partial charge in [-0.25, -0.2) is 0 Å². The van der Waals surface area contributed by atoms with Crippen LogP contribution in [0.15, 0.2) is 70.9 Å². The van der Waals surface area contributed by atoms with E-state index in [-0.39, 0.29) is 23.8 Å². The number of carbonyl (C=O) groups is 3. The number of nitrogens with zero attached hydrogens (tertiary/aromatic N) is 2. The van der Waals surface area contributed by atoms with Crippen molar-refractivity contribution in [2.24, 2.45) is 10.2 Å². The highest BCUT2D eigenvalue weighted by Crippen LogP contribution is 2.23. The average molecular weight is 421 g/mol. The van der Waals surface area contributed by atoms with Crippen molar-refractivity contribution < 1.29 is 19.5 Å². The molecule has 1 atom stereocenters. The zero-order valence-corrected chi connectivity index (χ0v) is 16.5. The van der Waals surface area contributed by atoms with Crippen LogP contribution in [0.1, 0.15) is 22.3 Å². The molecule has 0 spiro atoms. The summed E-state index contributed by atoms with van der Waals surface area (Å²) in [7, 11) is 0. The maximum Gasteiger partial charge on any atom is 0.240 e. The van der Waals surface area contributed by atoms with Crippen molar-refractivity contribution in [3.8, 4) is 0 Å². The Kier molecular flexibility index (Phi) is 7.12. The first-order valence-electron chi connectivity index (χ1n) is 8.93. The van der Waals surface area contributed by atoms with Crippen LogP contribution < -0.4 is 15.7 Å². The number of benzene rings is 2. The largest absolute Gasteiger partial charge is 0.545 e. The number of allylic oxidation sites excluding steroid dienone is 1. The highest BCUT2D eigenvalue weighted by Gasteiger charge is 2.32. The predicted octanol–water partition coefficient (Wildman–Crippen LogP) is 1.67. The van der Waals surface area contributed by atoms with Gasteiger partial charge in [0, 0.05) is 18.3 Å². The van der Waals surface area contributed by atoms with Crippen molar-refractivity contribution in [3.05, 3.63) is 71.8 Å². The molecule has 3 rings (SSSR count). The van der Waals surface area contributed by atoms with E-state index in [0.29, 0.717) is 10.9 Å². The van der Waals surface area contributed by atoms with Gasteiger partial charge in [-0.1, -0.05) is 60.3 Å². The molecule has 0 aliphatic carbocycles. The van der Waals surface area contributed by atoms with Crippen molar-refractivity contribution in [2.75, 3.05) is 5.32 Å². The summed E-state index contributed by atoms with van der Waals surface area (Å²) in [6.07, 6.45) is 5.05. The summed E-state index contributed by atoms with van der Waals surface area (Å²) in [6.45, 7) is 0. The molecule has 1 fully saturated rings. The summed E-state index contributed by atoms with van der Waals surface area (Å²) in [5.41, 5.74) is 1.47. The van der Waals surface area contributed by atoms with Gasteiger partial charge in [0.25, 0.3) is 0 Å². The molecule has 2 aromatic carbocycles. The van der Waals surface area contributed by atoms with Crippen LogP contribution in [-0.2, 0) is 9.59 Å². The Morgan fingerprint density at radius 2 is 1.87 bits per heavy atom. The van der Waals surface area contributed by atoms with Gasteiger partial charge in [0.15, 0.2) is 5.17 Å². The molecule has 0 bridgehead atoms. The van der Waals surface area contributed by atoms with Crippen LogP contribution in [0.2, 0.25) is 0 Å². The molecule has 1 heterocycles. The molecule has 1 saturated heterocycles. The zero-order valence-electron chi connectivity index (χ0n) is 15.6. The van der Waals surface area contributed by atoms with Crippen LogP contribution in [0.4, 0.5) is 5.69 Å². The minimum atomic E-state index is -1.29. The molecule has 1 aliphatic heterocycles. The molecule has 2 N–H and O–H groups in total. The Morgan fingerprint density at radius 1 is 1.13 bits per heavy atom. The van der Waals surface area contributed by atoms with Crippen LogP contribution in [0.25, 0.3) is 6.08 Å². The molecule has 0 saturated carbocycles. The normalized spacial score (nSPS) is 17.5. The maximum absolute atomic E-state index is 12.2. The van der Waals surface area contributed by atoms with Gasteiger partial charge in [0.05, 0.1) is 5.97 Å². The maximum atomic E-state index is 12.2. The fraction of sp³-hybridized carbons (Fsp3) is 0.0952. The third-order valence-corrected chi connectivity index (χ3v) is 5.01. The quantitative estimate of drug-likeness (QED) is 0.520. The van der Waals surface area contributed by atoms with Gasteiger partial charge in [-0.05, 0) is 29.3 Å². The number of hydrogen-bond acceptors (Lipinski definition) is 7. The molecular formula is C21H17N4O4S-. The van der Waals surface area contributed by atoms with E-state index in [1.165, 1.54) is 30.5 Å². The third-order valence-electron chi connectivity index (χ3n) is 3.94. The molecule has 8 nitrogen and oxygen atoms in total. The lowest BCUT2D eigenvalue weighted by atomic mass is 10.2. The Morgan fingerprint density at radius 3 is 2.57 bits per heavy atom. The zero-order chi connectivity index (χ0) is 21.3. The highest BCUT2D eigenvalue weighted by molar-refractivity contribution is 8.15. The number of amidine groups is 1. The fourth-order valence-electron chi connectivity index (χ4n) is 2.50. The first kappa shape index (κ1) is 21.0. The summed E-state index contributed by atoms with van der Waals surface area (Å²) in [4.78, 5) is 34.9. The number of amides is 2. The van der Waals surface area contributed by atoms with Gasteiger partial charge < -0.3 is 20.5 Å². The number of rotatable bonds is 7. The monoisotopic (exact) mass is 421 g/mol. The van der Waals surface area contributed by atoms with E-state index in [0.717, 1.165) is 17.3 Å². The molecule has 30 heavy (non-hydrogen) atoms. The van der Waals surface area contributed by atoms with Crippen molar-refractivity contribution in [1.29, 1.82) is 0 Å². The second-order valence-electron chi connectivity index (χ2n) is 6.15. The van der Waals surface area contributed by atoms with Crippen molar-refractivity contribution in [1.82, 2.24) is 5.32 Å². The van der Waals surface area contributed by atoms with E-state index in [1.807, 2.05) is 36.4 Å². The molecule has 1 aliphatic rings. The average Bonchev–Trinajstić information content (AvgIpc) is 3.08. The van der Waals surface area contributed by atoms with Crippen LogP contribution in [0.3, 0.4) is 0 Å². The van der Waals surface area contributed by atoms with Crippen LogP contribution in [0.5, 0.6) is 0 Å². The van der Waals surface area contributed by atoms with E-state index in [9.17, 15) is 19.5 Å². The van der Waals surface area contributed by atoms with E-state index < -0.39 is 11.2 Å².